The molecule has 0 saturated heterocycles. The van der Waals surface area contributed by atoms with E-state index in [9.17, 15) is 9.18 Å². The number of aromatic nitrogens is 2. The summed E-state index contributed by atoms with van der Waals surface area (Å²) in [6.45, 7) is 2.68. The van der Waals surface area contributed by atoms with Gasteiger partial charge in [0.1, 0.15) is 17.7 Å². The van der Waals surface area contributed by atoms with Crippen molar-refractivity contribution in [3.05, 3.63) is 53.9 Å². The van der Waals surface area contributed by atoms with Crippen LogP contribution in [0, 0.1) is 5.82 Å². The number of unbranched alkanes of at least 4 members (excludes halogenated alkanes) is 1. The maximum atomic E-state index is 13.0. The Bertz CT molecular complexity index is 554. The molecule has 112 valence electrons. The third-order valence-electron chi connectivity index (χ3n) is 3.09. The van der Waals surface area contributed by atoms with Gasteiger partial charge in [0.2, 0.25) is 0 Å². The Kier molecular flexibility index (Phi) is 5.31. The Hall–Kier alpha value is -2.37. The van der Waals surface area contributed by atoms with Crippen LogP contribution in [0.25, 0.3) is 0 Å². The molecule has 0 fully saturated rings. The first kappa shape index (κ1) is 15.0. The zero-order valence-corrected chi connectivity index (χ0v) is 11.9. The summed E-state index contributed by atoms with van der Waals surface area (Å²) in [5.41, 5.74) is 0.761. The summed E-state index contributed by atoms with van der Waals surface area (Å²) in [4.78, 5) is 19.1. The summed E-state index contributed by atoms with van der Waals surface area (Å²) in [6, 6.07) is 5.28. The number of imidazole rings is 1. The second kappa shape index (κ2) is 7.42. The Morgan fingerprint density at radius 3 is 2.76 bits per heavy atom. The predicted octanol–water partition coefficient (Wildman–Crippen LogP) is 2.74. The van der Waals surface area contributed by atoms with E-state index in [4.69, 9.17) is 0 Å². The fourth-order valence-corrected chi connectivity index (χ4v) is 1.96. The number of nitrogens with one attached hydrogen (secondary N) is 3. The molecule has 2 amide bonds. The number of hydrogen-bond acceptors (Lipinski definition) is 2. The van der Waals surface area contributed by atoms with Crippen LogP contribution in [0.15, 0.2) is 36.7 Å². The number of benzene rings is 1. The molecule has 0 aliphatic carbocycles. The highest BCUT2D eigenvalue weighted by Gasteiger charge is 2.18. The molecule has 5 nitrogen and oxygen atoms in total. The van der Waals surface area contributed by atoms with Gasteiger partial charge in [0.25, 0.3) is 0 Å². The molecule has 1 aromatic heterocycles. The molecule has 1 atom stereocenters. The Morgan fingerprint density at radius 1 is 1.38 bits per heavy atom. The normalized spacial score (nSPS) is 11.9. The minimum atomic E-state index is -0.442. The molecule has 0 aliphatic heterocycles. The van der Waals surface area contributed by atoms with Gasteiger partial charge in [0, 0.05) is 18.9 Å². The van der Waals surface area contributed by atoms with Gasteiger partial charge in [-0.15, -0.1) is 0 Å². The highest BCUT2D eigenvalue weighted by Crippen LogP contribution is 2.19. The fourth-order valence-electron chi connectivity index (χ4n) is 1.96. The van der Waals surface area contributed by atoms with Crippen LogP contribution in [0.2, 0.25) is 0 Å². The topological polar surface area (TPSA) is 69.8 Å². The first-order chi connectivity index (χ1) is 10.2. The van der Waals surface area contributed by atoms with E-state index >= 15 is 0 Å². The van der Waals surface area contributed by atoms with Gasteiger partial charge in [-0.3, -0.25) is 0 Å². The molecule has 0 aliphatic rings. The van der Waals surface area contributed by atoms with Gasteiger partial charge in [0.15, 0.2) is 0 Å². The molecule has 0 radical (unpaired) electrons. The number of aromatic amines is 1. The lowest BCUT2D eigenvalue weighted by atomic mass is 10.1. The van der Waals surface area contributed by atoms with E-state index in [2.05, 4.69) is 27.5 Å². The average molecular weight is 290 g/mol. The molecule has 1 heterocycles. The maximum Gasteiger partial charge on any atom is 0.315 e. The molecular weight excluding hydrogens is 271 g/mol. The van der Waals surface area contributed by atoms with Gasteiger partial charge >= 0.3 is 6.03 Å². The third kappa shape index (κ3) is 4.30. The first-order valence-corrected chi connectivity index (χ1v) is 6.99. The van der Waals surface area contributed by atoms with Crippen molar-refractivity contribution in [2.24, 2.45) is 0 Å². The first-order valence-electron chi connectivity index (χ1n) is 6.99. The molecule has 0 spiro atoms. The standard InChI is InChI=1S/C15H19FN4O/c1-2-3-8-19-15(21)20-13(14-17-9-10-18-14)11-4-6-12(16)7-5-11/h4-7,9-10,13H,2-3,8H2,1H3,(H,17,18)(H2,19,20,21). The number of carbonyl (C=O) groups excluding carboxylic acids is 1. The number of carbonyl (C=O) groups is 1. The average Bonchev–Trinajstić information content (AvgIpc) is 3.00. The summed E-state index contributed by atoms with van der Waals surface area (Å²) in [6.07, 6.45) is 5.24. The van der Waals surface area contributed by atoms with Crippen molar-refractivity contribution in [1.82, 2.24) is 20.6 Å². The summed E-state index contributed by atoms with van der Waals surface area (Å²) < 4.78 is 13.0. The second-order valence-corrected chi connectivity index (χ2v) is 4.71. The van der Waals surface area contributed by atoms with Crippen LogP contribution < -0.4 is 10.6 Å². The number of amides is 2. The minimum Gasteiger partial charge on any atom is -0.347 e. The van der Waals surface area contributed by atoms with E-state index in [0.29, 0.717) is 12.4 Å². The monoisotopic (exact) mass is 290 g/mol. The quantitative estimate of drug-likeness (QED) is 0.716. The van der Waals surface area contributed by atoms with Crippen molar-refractivity contribution in [2.75, 3.05) is 6.54 Å². The molecule has 2 rings (SSSR count). The predicted molar refractivity (Wildman–Crippen MR) is 78.3 cm³/mol. The van der Waals surface area contributed by atoms with Crippen molar-refractivity contribution in [3.8, 4) is 0 Å². The highest BCUT2D eigenvalue weighted by atomic mass is 19.1. The van der Waals surface area contributed by atoms with Crippen molar-refractivity contribution in [2.45, 2.75) is 25.8 Å². The van der Waals surface area contributed by atoms with Gasteiger partial charge in [-0.2, -0.15) is 0 Å². The number of nitrogens with zero attached hydrogens (tertiary/aromatic N) is 1. The molecule has 0 bridgehead atoms. The maximum absolute atomic E-state index is 13.0. The van der Waals surface area contributed by atoms with Crippen LogP contribution in [0.4, 0.5) is 9.18 Å². The van der Waals surface area contributed by atoms with Gasteiger partial charge in [-0.25, -0.2) is 14.2 Å². The van der Waals surface area contributed by atoms with E-state index < -0.39 is 6.04 Å². The molecule has 2 aromatic rings. The zero-order valence-electron chi connectivity index (χ0n) is 11.9. The second-order valence-electron chi connectivity index (χ2n) is 4.71. The Labute approximate surface area is 123 Å². The summed E-state index contributed by atoms with van der Waals surface area (Å²) >= 11 is 0. The van der Waals surface area contributed by atoms with Gasteiger partial charge in [0.05, 0.1) is 0 Å². The molecule has 6 heteroatoms. The number of rotatable bonds is 6. The van der Waals surface area contributed by atoms with Crippen molar-refractivity contribution < 1.29 is 9.18 Å². The summed E-state index contributed by atoms with van der Waals surface area (Å²) in [5.74, 6) is 0.289. The third-order valence-corrected chi connectivity index (χ3v) is 3.09. The molecule has 1 aromatic carbocycles. The van der Waals surface area contributed by atoms with E-state index in [1.54, 1.807) is 24.5 Å². The van der Waals surface area contributed by atoms with Crippen molar-refractivity contribution >= 4 is 6.03 Å². The number of urea groups is 1. The molecule has 21 heavy (non-hydrogen) atoms. The van der Waals surface area contributed by atoms with Gasteiger partial charge in [-0.05, 0) is 24.1 Å². The van der Waals surface area contributed by atoms with Crippen LogP contribution in [0.1, 0.15) is 37.2 Å². The van der Waals surface area contributed by atoms with E-state index in [1.807, 2.05) is 0 Å². The summed E-state index contributed by atoms with van der Waals surface area (Å²) in [5, 5.41) is 5.64. The van der Waals surface area contributed by atoms with Crippen LogP contribution in [-0.4, -0.2) is 22.5 Å². The van der Waals surface area contributed by atoms with Crippen molar-refractivity contribution in [1.29, 1.82) is 0 Å². The minimum absolute atomic E-state index is 0.269. The van der Waals surface area contributed by atoms with Crippen LogP contribution in [0.3, 0.4) is 0 Å². The lowest BCUT2D eigenvalue weighted by molar-refractivity contribution is 0.238. The van der Waals surface area contributed by atoms with E-state index in [0.717, 1.165) is 18.4 Å². The molecule has 0 saturated carbocycles. The largest absolute Gasteiger partial charge is 0.347 e. The molecular formula is C15H19FN4O. The number of halogens is 1. The summed E-state index contributed by atoms with van der Waals surface area (Å²) in [7, 11) is 0. The lowest BCUT2D eigenvalue weighted by Crippen LogP contribution is -2.39. The van der Waals surface area contributed by atoms with E-state index in [1.165, 1.54) is 12.1 Å². The van der Waals surface area contributed by atoms with E-state index in [-0.39, 0.29) is 11.8 Å². The lowest BCUT2D eigenvalue weighted by Gasteiger charge is -2.17. The molecule has 1 unspecified atom stereocenters. The number of hydrogen-bond donors (Lipinski definition) is 3. The highest BCUT2D eigenvalue weighted by molar-refractivity contribution is 5.74. The van der Waals surface area contributed by atoms with Crippen LogP contribution in [0.5, 0.6) is 0 Å². The zero-order chi connectivity index (χ0) is 15.1. The van der Waals surface area contributed by atoms with Gasteiger partial charge in [-0.1, -0.05) is 25.5 Å². The van der Waals surface area contributed by atoms with Crippen LogP contribution in [-0.2, 0) is 0 Å². The SMILES string of the molecule is CCCCNC(=O)NC(c1ccc(F)cc1)c1ncc[nH]1. The van der Waals surface area contributed by atoms with Crippen molar-refractivity contribution in [3.63, 3.8) is 0 Å². The fraction of sp³-hybridized carbons (Fsp3) is 0.333. The Morgan fingerprint density at radius 2 is 2.14 bits per heavy atom. The smallest absolute Gasteiger partial charge is 0.315 e. The molecule has 3 N–H and O–H groups in total. The Balaban J connectivity index is 2.10. The van der Waals surface area contributed by atoms with Crippen LogP contribution >= 0.6 is 0 Å². The van der Waals surface area contributed by atoms with Gasteiger partial charge < -0.3 is 15.6 Å². The number of H-pyrrole nitrogens is 1.